The molecular formula is C14H17BN2O3. The molecule has 1 fully saturated rings. The lowest BCUT2D eigenvalue weighted by Gasteiger charge is -2.30. The molecular weight excluding hydrogens is 255 g/mol. The summed E-state index contributed by atoms with van der Waals surface area (Å²) in [4.78, 5) is 13.8. The van der Waals surface area contributed by atoms with E-state index in [2.05, 4.69) is 10.9 Å². The van der Waals surface area contributed by atoms with Crippen molar-refractivity contribution >= 4 is 18.4 Å². The summed E-state index contributed by atoms with van der Waals surface area (Å²) in [5, 5.41) is 18.3. The van der Waals surface area contributed by atoms with Crippen LogP contribution in [0.3, 0.4) is 0 Å². The van der Waals surface area contributed by atoms with Gasteiger partial charge in [0.05, 0.1) is 19.3 Å². The lowest BCUT2D eigenvalue weighted by Crippen LogP contribution is -2.36. The van der Waals surface area contributed by atoms with Gasteiger partial charge in [0.25, 0.3) is 6.71 Å². The van der Waals surface area contributed by atoms with E-state index in [-0.39, 0.29) is 13.3 Å². The predicted molar refractivity (Wildman–Crippen MR) is 76.9 cm³/mol. The summed E-state index contributed by atoms with van der Waals surface area (Å²) in [6.45, 7) is 1.58. The number of nitriles is 1. The molecule has 20 heavy (non-hydrogen) atoms. The maximum atomic E-state index is 11.6. The van der Waals surface area contributed by atoms with Gasteiger partial charge < -0.3 is 14.7 Å². The highest BCUT2D eigenvalue weighted by Crippen LogP contribution is 2.24. The van der Waals surface area contributed by atoms with E-state index >= 15 is 0 Å². The monoisotopic (exact) mass is 272 g/mol. The summed E-state index contributed by atoms with van der Waals surface area (Å²) in [6.07, 6.45) is 1.70. The van der Waals surface area contributed by atoms with Crippen molar-refractivity contribution in [2.45, 2.75) is 19.2 Å². The Morgan fingerprint density at radius 1 is 1.50 bits per heavy atom. The molecule has 1 aromatic carbocycles. The van der Waals surface area contributed by atoms with Crippen LogP contribution in [0, 0.1) is 11.2 Å². The molecule has 2 rings (SSSR count). The summed E-state index contributed by atoms with van der Waals surface area (Å²) < 4.78 is 4.69. The van der Waals surface area contributed by atoms with Crippen molar-refractivity contribution in [2.24, 2.45) is 0 Å². The van der Waals surface area contributed by atoms with Crippen LogP contribution in [0.15, 0.2) is 18.2 Å². The van der Waals surface area contributed by atoms with Gasteiger partial charge in [-0.05, 0) is 36.4 Å². The second kappa shape index (κ2) is 6.44. The van der Waals surface area contributed by atoms with E-state index in [1.807, 2.05) is 12.1 Å². The van der Waals surface area contributed by atoms with Crippen molar-refractivity contribution < 1.29 is 14.6 Å². The Labute approximate surface area is 118 Å². The quantitative estimate of drug-likeness (QED) is 0.664. The average Bonchev–Trinajstić information content (AvgIpc) is 2.53. The van der Waals surface area contributed by atoms with E-state index in [4.69, 9.17) is 10.00 Å². The largest absolute Gasteiger partial charge is 0.465 e. The van der Waals surface area contributed by atoms with Crippen LogP contribution in [0.1, 0.15) is 15.9 Å². The summed E-state index contributed by atoms with van der Waals surface area (Å²) >= 11 is 0. The van der Waals surface area contributed by atoms with E-state index in [1.165, 1.54) is 7.11 Å². The Hall–Kier alpha value is -2.00. The molecule has 6 heteroatoms. The smallest absolute Gasteiger partial charge is 0.338 e. The molecule has 0 unspecified atom stereocenters. The summed E-state index contributed by atoms with van der Waals surface area (Å²) in [5.74, 6) is 1.86. The first-order chi connectivity index (χ1) is 9.69. The van der Waals surface area contributed by atoms with Gasteiger partial charge >= 0.3 is 5.97 Å². The van der Waals surface area contributed by atoms with Crippen molar-refractivity contribution in [1.82, 2.24) is 0 Å². The van der Waals surface area contributed by atoms with Crippen LogP contribution < -0.4 is 4.90 Å². The van der Waals surface area contributed by atoms with Crippen LogP contribution in [0.4, 0.5) is 5.69 Å². The number of nitrogens with zero attached hydrogens (tertiary/aromatic N) is 2. The van der Waals surface area contributed by atoms with Crippen LogP contribution in [0.25, 0.3) is 0 Å². The normalized spacial score (nSPS) is 14.8. The zero-order valence-electron chi connectivity index (χ0n) is 11.5. The molecule has 0 bridgehead atoms. The fourth-order valence-corrected chi connectivity index (χ4v) is 2.48. The van der Waals surface area contributed by atoms with Crippen molar-refractivity contribution in [3.05, 3.63) is 29.3 Å². The number of carbonyl (C=O) groups is 1. The van der Waals surface area contributed by atoms with Crippen molar-refractivity contribution in [3.8, 4) is 5.97 Å². The molecule has 0 aromatic heterocycles. The number of aliphatic hydroxyl groups excluding tert-OH is 1. The summed E-state index contributed by atoms with van der Waals surface area (Å²) in [7, 11) is 1.32. The van der Waals surface area contributed by atoms with Gasteiger partial charge in [0.1, 0.15) is 0 Å². The highest BCUT2D eigenvalue weighted by atomic mass is 16.5. The number of rotatable bonds is 3. The number of aliphatic hydroxyl groups is 1. The number of ether oxygens (including phenoxy) is 1. The van der Waals surface area contributed by atoms with E-state index < -0.39 is 5.97 Å². The molecule has 0 spiro atoms. The molecule has 0 amide bonds. The van der Waals surface area contributed by atoms with Gasteiger partial charge in [-0.3, -0.25) is 0 Å². The van der Waals surface area contributed by atoms with Gasteiger partial charge in [0.15, 0.2) is 0 Å². The minimum Gasteiger partial charge on any atom is -0.465 e. The number of hydrogen-bond donors (Lipinski definition) is 1. The van der Waals surface area contributed by atoms with E-state index in [9.17, 15) is 9.90 Å². The fraction of sp³-hybridized carbons (Fsp3) is 0.429. The predicted octanol–water partition coefficient (Wildman–Crippen LogP) is 1.34. The minimum atomic E-state index is -0.441. The molecule has 104 valence electrons. The average molecular weight is 272 g/mol. The van der Waals surface area contributed by atoms with Gasteiger partial charge in [0, 0.05) is 24.7 Å². The van der Waals surface area contributed by atoms with Crippen LogP contribution in [0.5, 0.6) is 0 Å². The second-order valence-electron chi connectivity index (χ2n) is 4.88. The lowest BCUT2D eigenvalue weighted by atomic mass is 9.45. The van der Waals surface area contributed by atoms with Crippen LogP contribution in [-0.2, 0) is 11.3 Å². The van der Waals surface area contributed by atoms with Crippen molar-refractivity contribution in [1.29, 1.82) is 5.26 Å². The number of benzene rings is 1. The summed E-state index contributed by atoms with van der Waals surface area (Å²) in [6, 6.07) is 5.36. The Kier molecular flexibility index (Phi) is 4.64. The zero-order valence-corrected chi connectivity index (χ0v) is 11.5. The third-order valence-electron chi connectivity index (χ3n) is 3.71. The molecule has 1 aromatic rings. The van der Waals surface area contributed by atoms with Crippen LogP contribution in [0.2, 0.25) is 12.6 Å². The number of anilines is 1. The van der Waals surface area contributed by atoms with Gasteiger partial charge in [-0.15, -0.1) is 0 Å². The molecule has 1 aliphatic rings. The molecule has 5 nitrogen and oxygen atoms in total. The Morgan fingerprint density at radius 3 is 2.75 bits per heavy atom. The molecule has 1 N–H and O–H groups in total. The Balaban J connectivity index is 2.18. The SMILES string of the molecule is COC(=O)c1ccc(N2CCB(C#N)CC2)cc1CO. The first-order valence-corrected chi connectivity index (χ1v) is 6.66. The molecule has 0 saturated carbocycles. The van der Waals surface area contributed by atoms with Gasteiger partial charge in [0.2, 0.25) is 0 Å². The van der Waals surface area contributed by atoms with Gasteiger partial charge in [-0.1, -0.05) is 0 Å². The van der Waals surface area contributed by atoms with Gasteiger partial charge in [-0.2, -0.15) is 0 Å². The molecule has 0 aliphatic carbocycles. The van der Waals surface area contributed by atoms with E-state index in [0.717, 1.165) is 31.4 Å². The molecule has 1 saturated heterocycles. The molecule has 0 radical (unpaired) electrons. The zero-order chi connectivity index (χ0) is 14.5. The summed E-state index contributed by atoms with van der Waals surface area (Å²) in [5.41, 5.74) is 1.93. The van der Waals surface area contributed by atoms with Gasteiger partial charge in [-0.25, -0.2) is 10.1 Å². The Bertz CT molecular complexity index is 534. The standard InChI is InChI=1S/C14H17BN2O3/c1-20-14(19)13-3-2-12(8-11(13)9-18)17-6-4-15(10-16)5-7-17/h2-3,8,18H,4-7,9H2,1H3. The molecule has 0 atom stereocenters. The van der Waals surface area contributed by atoms with Crippen molar-refractivity contribution in [2.75, 3.05) is 25.1 Å². The molecule has 1 aliphatic heterocycles. The first kappa shape index (κ1) is 14.4. The molecule has 1 heterocycles. The van der Waals surface area contributed by atoms with E-state index in [0.29, 0.717) is 11.1 Å². The fourth-order valence-electron chi connectivity index (χ4n) is 2.48. The highest BCUT2D eigenvalue weighted by Gasteiger charge is 2.23. The lowest BCUT2D eigenvalue weighted by molar-refractivity contribution is 0.0597. The first-order valence-electron chi connectivity index (χ1n) is 6.66. The van der Waals surface area contributed by atoms with E-state index in [1.54, 1.807) is 6.07 Å². The van der Waals surface area contributed by atoms with Crippen molar-refractivity contribution in [3.63, 3.8) is 0 Å². The topological polar surface area (TPSA) is 73.6 Å². The third kappa shape index (κ3) is 2.94. The highest BCUT2D eigenvalue weighted by molar-refractivity contribution is 6.67. The number of carbonyl (C=O) groups excluding carboxylic acids is 1. The minimum absolute atomic E-state index is 0.137. The number of hydrogen-bond acceptors (Lipinski definition) is 5. The maximum Gasteiger partial charge on any atom is 0.338 e. The van der Waals surface area contributed by atoms with Crippen LogP contribution in [-0.4, -0.2) is 38.0 Å². The number of methoxy groups -OCH3 is 1. The maximum absolute atomic E-state index is 11.6. The second-order valence-corrected chi connectivity index (χ2v) is 4.88. The Morgan fingerprint density at radius 2 is 2.20 bits per heavy atom. The third-order valence-corrected chi connectivity index (χ3v) is 3.71. The number of esters is 1. The van der Waals surface area contributed by atoms with Crippen LogP contribution >= 0.6 is 0 Å².